The van der Waals surface area contributed by atoms with E-state index in [1.165, 1.54) is 0 Å². The van der Waals surface area contributed by atoms with Crippen LogP contribution in [0, 0.1) is 0 Å². The molecule has 3 nitrogen and oxygen atoms in total. The van der Waals surface area contributed by atoms with Crippen molar-refractivity contribution in [1.82, 2.24) is 10.2 Å². The molecule has 0 aromatic carbocycles. The molecule has 3 heteroatoms. The van der Waals surface area contributed by atoms with Crippen LogP contribution in [-0.4, -0.2) is 50.3 Å². The van der Waals surface area contributed by atoms with E-state index in [0.29, 0.717) is 6.10 Å². The molecule has 0 saturated carbocycles. The van der Waals surface area contributed by atoms with E-state index in [-0.39, 0.29) is 0 Å². The van der Waals surface area contributed by atoms with Gasteiger partial charge in [-0.05, 0) is 18.9 Å². The second-order valence-electron chi connectivity index (χ2n) is 4.62. The lowest BCUT2D eigenvalue weighted by molar-refractivity contribution is -0.0266. The maximum absolute atomic E-state index is 5.67. The fourth-order valence-corrected chi connectivity index (χ4v) is 2.17. The smallest absolute Gasteiger partial charge is 0.0700 e. The fourth-order valence-electron chi connectivity index (χ4n) is 2.17. The number of hydrogen-bond acceptors (Lipinski definition) is 3. The minimum absolute atomic E-state index is 0.455. The zero-order chi connectivity index (χ0) is 10.7. The van der Waals surface area contributed by atoms with Crippen molar-refractivity contribution in [2.24, 2.45) is 0 Å². The summed E-state index contributed by atoms with van der Waals surface area (Å²) in [7, 11) is 0. The zero-order valence-electron chi connectivity index (χ0n) is 9.88. The third kappa shape index (κ3) is 2.80. The average Bonchev–Trinajstić information content (AvgIpc) is 2.15. The summed E-state index contributed by atoms with van der Waals surface area (Å²) in [5, 5.41) is 3.30. The fraction of sp³-hybridized carbons (Fsp3) is 0.833. The van der Waals surface area contributed by atoms with Crippen LogP contribution in [0.15, 0.2) is 11.1 Å². The van der Waals surface area contributed by atoms with Crippen molar-refractivity contribution in [3.8, 4) is 0 Å². The van der Waals surface area contributed by atoms with Crippen LogP contribution in [0.1, 0.15) is 20.3 Å². The monoisotopic (exact) mass is 210 g/mol. The van der Waals surface area contributed by atoms with Crippen LogP contribution in [0.5, 0.6) is 0 Å². The van der Waals surface area contributed by atoms with E-state index in [1.807, 2.05) is 0 Å². The molecule has 1 unspecified atom stereocenters. The average molecular weight is 210 g/mol. The van der Waals surface area contributed by atoms with Gasteiger partial charge in [0.15, 0.2) is 0 Å². The Morgan fingerprint density at radius 3 is 2.93 bits per heavy atom. The number of nitrogens with one attached hydrogen (secondary N) is 1. The van der Waals surface area contributed by atoms with Gasteiger partial charge in [0.05, 0.1) is 12.7 Å². The van der Waals surface area contributed by atoms with Crippen LogP contribution < -0.4 is 5.32 Å². The van der Waals surface area contributed by atoms with Crippen molar-refractivity contribution in [2.45, 2.75) is 26.4 Å². The zero-order valence-corrected chi connectivity index (χ0v) is 9.88. The quantitative estimate of drug-likeness (QED) is 0.704. The standard InChI is InChI=1S/C12H22N2O/c1-3-12-9-14(4-5-15-12)8-10(2)11-6-13-7-11/h12-13H,3-9H2,1-2H3. The van der Waals surface area contributed by atoms with Crippen LogP contribution >= 0.6 is 0 Å². The Morgan fingerprint density at radius 1 is 1.53 bits per heavy atom. The van der Waals surface area contributed by atoms with Gasteiger partial charge >= 0.3 is 0 Å². The molecule has 0 aliphatic carbocycles. The Labute approximate surface area is 92.5 Å². The highest BCUT2D eigenvalue weighted by Crippen LogP contribution is 2.14. The molecule has 2 heterocycles. The van der Waals surface area contributed by atoms with Gasteiger partial charge < -0.3 is 10.1 Å². The van der Waals surface area contributed by atoms with Crippen LogP contribution in [0.3, 0.4) is 0 Å². The number of morpholine rings is 1. The van der Waals surface area contributed by atoms with Gasteiger partial charge in [0.25, 0.3) is 0 Å². The van der Waals surface area contributed by atoms with Gasteiger partial charge in [-0.3, -0.25) is 4.90 Å². The summed E-state index contributed by atoms with van der Waals surface area (Å²) in [6.07, 6.45) is 1.59. The van der Waals surface area contributed by atoms with Crippen molar-refractivity contribution in [1.29, 1.82) is 0 Å². The normalized spacial score (nSPS) is 27.6. The van der Waals surface area contributed by atoms with Gasteiger partial charge in [0.1, 0.15) is 0 Å². The predicted molar refractivity (Wildman–Crippen MR) is 62.0 cm³/mol. The molecule has 0 aromatic heterocycles. The van der Waals surface area contributed by atoms with E-state index >= 15 is 0 Å². The molecule has 86 valence electrons. The third-order valence-electron chi connectivity index (χ3n) is 3.42. The second kappa shape index (κ2) is 5.10. The van der Waals surface area contributed by atoms with Crippen molar-refractivity contribution >= 4 is 0 Å². The predicted octanol–water partition coefficient (Wildman–Crippen LogP) is 1.02. The molecule has 0 spiro atoms. The maximum Gasteiger partial charge on any atom is 0.0700 e. The van der Waals surface area contributed by atoms with Crippen molar-refractivity contribution in [2.75, 3.05) is 39.3 Å². The van der Waals surface area contributed by atoms with Crippen molar-refractivity contribution in [3.63, 3.8) is 0 Å². The van der Waals surface area contributed by atoms with E-state index in [2.05, 4.69) is 24.1 Å². The van der Waals surface area contributed by atoms with Crippen LogP contribution in [-0.2, 0) is 4.74 Å². The summed E-state index contributed by atoms with van der Waals surface area (Å²) < 4.78 is 5.67. The highest BCUT2D eigenvalue weighted by Gasteiger charge is 2.20. The molecule has 0 bridgehead atoms. The topological polar surface area (TPSA) is 24.5 Å². The minimum atomic E-state index is 0.455. The molecule has 2 fully saturated rings. The molecule has 2 aliphatic rings. The highest BCUT2D eigenvalue weighted by atomic mass is 16.5. The Kier molecular flexibility index (Phi) is 3.78. The number of hydrogen-bond donors (Lipinski definition) is 1. The highest BCUT2D eigenvalue weighted by molar-refractivity contribution is 5.22. The van der Waals surface area contributed by atoms with Gasteiger partial charge in [-0.1, -0.05) is 12.5 Å². The minimum Gasteiger partial charge on any atom is -0.376 e. The van der Waals surface area contributed by atoms with E-state index in [9.17, 15) is 0 Å². The molecule has 0 amide bonds. The maximum atomic E-state index is 5.67. The Hall–Kier alpha value is -0.380. The van der Waals surface area contributed by atoms with Crippen LogP contribution in [0.4, 0.5) is 0 Å². The Balaban J connectivity index is 1.83. The second-order valence-corrected chi connectivity index (χ2v) is 4.62. The van der Waals surface area contributed by atoms with Gasteiger partial charge in [-0.2, -0.15) is 0 Å². The Morgan fingerprint density at radius 2 is 2.33 bits per heavy atom. The molecule has 1 atom stereocenters. The van der Waals surface area contributed by atoms with E-state index in [1.54, 1.807) is 11.1 Å². The third-order valence-corrected chi connectivity index (χ3v) is 3.42. The summed E-state index contributed by atoms with van der Waals surface area (Å²) in [6.45, 7) is 10.9. The lowest BCUT2D eigenvalue weighted by Gasteiger charge is -2.34. The molecule has 2 aliphatic heterocycles. The molecule has 1 N–H and O–H groups in total. The lowest BCUT2D eigenvalue weighted by atomic mass is 10.0. The first kappa shape index (κ1) is 11.1. The Bertz CT molecular complexity index is 244. The van der Waals surface area contributed by atoms with Crippen molar-refractivity contribution < 1.29 is 4.74 Å². The number of rotatable bonds is 3. The van der Waals surface area contributed by atoms with Gasteiger partial charge in [0.2, 0.25) is 0 Å². The number of nitrogens with zero attached hydrogens (tertiary/aromatic N) is 1. The SMILES string of the molecule is CCC1CN(CC(C)=C2CNC2)CCO1. The van der Waals surface area contributed by atoms with E-state index in [0.717, 1.165) is 45.8 Å². The summed E-state index contributed by atoms with van der Waals surface area (Å²) in [5.74, 6) is 0. The molecule has 15 heavy (non-hydrogen) atoms. The lowest BCUT2D eigenvalue weighted by Crippen LogP contribution is -2.44. The number of ether oxygens (including phenoxy) is 1. The molecule has 2 rings (SSSR count). The van der Waals surface area contributed by atoms with Gasteiger partial charge in [-0.25, -0.2) is 0 Å². The molecule has 0 aromatic rings. The summed E-state index contributed by atoms with van der Waals surface area (Å²) in [6, 6.07) is 0. The first-order valence-electron chi connectivity index (χ1n) is 6.01. The molecule has 0 radical (unpaired) electrons. The van der Waals surface area contributed by atoms with Gasteiger partial charge in [-0.15, -0.1) is 0 Å². The van der Waals surface area contributed by atoms with Crippen molar-refractivity contribution in [3.05, 3.63) is 11.1 Å². The van der Waals surface area contributed by atoms with E-state index < -0.39 is 0 Å². The molecular formula is C12H22N2O. The summed E-state index contributed by atoms with van der Waals surface area (Å²) in [5.41, 5.74) is 3.17. The van der Waals surface area contributed by atoms with E-state index in [4.69, 9.17) is 4.74 Å². The largest absolute Gasteiger partial charge is 0.376 e. The first-order chi connectivity index (χ1) is 7.29. The molecular weight excluding hydrogens is 188 g/mol. The summed E-state index contributed by atoms with van der Waals surface area (Å²) in [4.78, 5) is 2.53. The van der Waals surface area contributed by atoms with Gasteiger partial charge in [0, 0.05) is 32.7 Å². The van der Waals surface area contributed by atoms with Crippen LogP contribution in [0.25, 0.3) is 0 Å². The summed E-state index contributed by atoms with van der Waals surface area (Å²) >= 11 is 0. The molecule has 2 saturated heterocycles. The first-order valence-corrected chi connectivity index (χ1v) is 6.01. The van der Waals surface area contributed by atoms with Crippen LogP contribution in [0.2, 0.25) is 0 Å².